The molecule has 1 unspecified atom stereocenters. The van der Waals surface area contributed by atoms with Gasteiger partial charge in [-0.1, -0.05) is 37.4 Å². The van der Waals surface area contributed by atoms with Crippen LogP contribution in [0.1, 0.15) is 46.6 Å². The van der Waals surface area contributed by atoms with Gasteiger partial charge in [-0.3, -0.25) is 0 Å². The van der Waals surface area contributed by atoms with E-state index < -0.39 is 11.7 Å². The number of carbonyl (C=O) groups is 1. The van der Waals surface area contributed by atoms with Gasteiger partial charge in [-0.15, -0.1) is 0 Å². The molecule has 29 heavy (non-hydrogen) atoms. The third-order valence-corrected chi connectivity index (χ3v) is 6.79. The molecule has 0 fully saturated rings. The highest BCUT2D eigenvalue weighted by Gasteiger charge is 2.31. The number of carbonyl (C=O) groups excluding carboxylic acids is 1. The van der Waals surface area contributed by atoms with E-state index in [1.165, 1.54) is 0 Å². The first-order chi connectivity index (χ1) is 13.6. The van der Waals surface area contributed by atoms with Gasteiger partial charge >= 0.3 is 6.09 Å². The van der Waals surface area contributed by atoms with Crippen molar-refractivity contribution in [1.29, 1.82) is 0 Å². The third kappa shape index (κ3) is 7.19. The van der Waals surface area contributed by atoms with Gasteiger partial charge in [0.05, 0.1) is 19.1 Å². The van der Waals surface area contributed by atoms with Gasteiger partial charge in [0.2, 0.25) is 0 Å². The summed E-state index contributed by atoms with van der Waals surface area (Å²) in [7, 11) is 3.29. The van der Waals surface area contributed by atoms with Gasteiger partial charge in [-0.25, -0.2) is 4.79 Å². The molecular formula is C21H33NO5S2. The molecule has 8 heteroatoms. The molecule has 6 nitrogen and oxygen atoms in total. The van der Waals surface area contributed by atoms with E-state index in [1.807, 2.05) is 26.8 Å². The van der Waals surface area contributed by atoms with E-state index >= 15 is 0 Å². The van der Waals surface area contributed by atoms with Crippen molar-refractivity contribution in [2.75, 3.05) is 27.4 Å². The Balaban J connectivity index is 2.09. The van der Waals surface area contributed by atoms with Crippen molar-refractivity contribution in [3.05, 3.63) is 11.6 Å². The summed E-state index contributed by atoms with van der Waals surface area (Å²) in [6.45, 7) is 11.1. The van der Waals surface area contributed by atoms with Gasteiger partial charge < -0.3 is 24.3 Å². The molecule has 0 aliphatic carbocycles. The van der Waals surface area contributed by atoms with Crippen molar-refractivity contribution in [2.45, 2.75) is 67.6 Å². The maximum absolute atomic E-state index is 11.9. The molecule has 1 N–H and O–H groups in total. The summed E-state index contributed by atoms with van der Waals surface area (Å²) in [5.74, 6) is 2.03. The highest BCUT2D eigenvalue weighted by molar-refractivity contribution is 8.19. The molecule has 1 aliphatic heterocycles. The van der Waals surface area contributed by atoms with E-state index in [9.17, 15) is 4.79 Å². The quantitative estimate of drug-likeness (QED) is 0.554. The average molecular weight is 444 g/mol. The fourth-order valence-electron chi connectivity index (χ4n) is 2.71. The zero-order chi connectivity index (χ0) is 21.6. The molecule has 1 amide bonds. The summed E-state index contributed by atoms with van der Waals surface area (Å²) in [4.78, 5) is 14.1. The molecule has 0 radical (unpaired) electrons. The van der Waals surface area contributed by atoms with Gasteiger partial charge in [-0.2, -0.15) is 0 Å². The Kier molecular flexibility index (Phi) is 8.85. The first-order valence-electron chi connectivity index (χ1n) is 9.84. The van der Waals surface area contributed by atoms with Crippen LogP contribution in [0.4, 0.5) is 4.79 Å². The van der Waals surface area contributed by atoms with Crippen LogP contribution in [0, 0.1) is 5.92 Å². The zero-order valence-corrected chi connectivity index (χ0v) is 20.1. The van der Waals surface area contributed by atoms with Gasteiger partial charge in [-0.05, 0) is 51.2 Å². The maximum atomic E-state index is 11.9. The molecule has 0 saturated carbocycles. The summed E-state index contributed by atoms with van der Waals surface area (Å²) in [5, 5.41) is 2.82. The largest absolute Gasteiger partial charge is 0.493 e. The SMILES string of the molecule is COc1cc(CCNC(=O)OC(C)(C)C)c2c(c1OC)SC(OCCC(C)C)S2. The van der Waals surface area contributed by atoms with Gasteiger partial charge in [0.15, 0.2) is 16.3 Å². The minimum absolute atomic E-state index is 0.0117. The number of fused-ring (bicyclic) bond motifs is 1. The Bertz CT molecular complexity index is 703. The van der Waals surface area contributed by atoms with Crippen LogP contribution in [0.5, 0.6) is 11.5 Å². The number of benzene rings is 1. The van der Waals surface area contributed by atoms with Gasteiger partial charge in [0, 0.05) is 18.0 Å². The standard InChI is InChI=1S/C21H33NO5S2/c1-13(2)9-11-26-20-28-17-14(8-10-22-19(23)27-21(3,4)5)12-15(24-6)16(25-7)18(17)29-20/h12-13,20H,8-11H2,1-7H3,(H,22,23). The minimum Gasteiger partial charge on any atom is -0.493 e. The van der Waals surface area contributed by atoms with Gasteiger partial charge in [0.1, 0.15) is 5.60 Å². The summed E-state index contributed by atoms with van der Waals surface area (Å²) in [5.41, 5.74) is 0.586. The molecule has 1 aromatic rings. The fraction of sp³-hybridized carbons (Fsp3) is 0.667. The lowest BCUT2D eigenvalue weighted by atomic mass is 10.1. The Morgan fingerprint density at radius 3 is 2.45 bits per heavy atom. The first-order valence-corrected chi connectivity index (χ1v) is 11.6. The van der Waals surface area contributed by atoms with Gasteiger partial charge in [0.25, 0.3) is 0 Å². The van der Waals surface area contributed by atoms with E-state index in [2.05, 4.69) is 19.2 Å². The summed E-state index contributed by atoms with van der Waals surface area (Å²) < 4.78 is 22.5. The minimum atomic E-state index is -0.512. The predicted molar refractivity (Wildman–Crippen MR) is 118 cm³/mol. The van der Waals surface area contributed by atoms with E-state index in [4.69, 9.17) is 18.9 Å². The molecule has 2 rings (SSSR count). The number of alkyl carbamates (subject to hydrolysis) is 1. The third-order valence-electron chi connectivity index (χ3n) is 4.10. The summed E-state index contributed by atoms with van der Waals surface area (Å²) in [6, 6.07) is 1.98. The lowest BCUT2D eigenvalue weighted by Crippen LogP contribution is -2.33. The number of nitrogens with one attached hydrogen (secondary N) is 1. The second kappa shape index (κ2) is 10.7. The Morgan fingerprint density at radius 2 is 1.86 bits per heavy atom. The van der Waals surface area contributed by atoms with Crippen LogP contribution in [0.2, 0.25) is 0 Å². The molecule has 0 spiro atoms. The Morgan fingerprint density at radius 1 is 1.17 bits per heavy atom. The molecule has 1 atom stereocenters. The highest BCUT2D eigenvalue weighted by Crippen LogP contribution is 2.56. The lowest BCUT2D eigenvalue weighted by Gasteiger charge is -2.20. The number of methoxy groups -OCH3 is 2. The van der Waals surface area contributed by atoms with Crippen molar-refractivity contribution in [3.63, 3.8) is 0 Å². The Labute approximate surface area is 182 Å². The smallest absolute Gasteiger partial charge is 0.407 e. The second-order valence-electron chi connectivity index (χ2n) is 8.19. The molecule has 1 aliphatic rings. The van der Waals surface area contributed by atoms with E-state index in [1.54, 1.807) is 37.7 Å². The average Bonchev–Trinajstić information content (AvgIpc) is 3.03. The van der Waals surface area contributed by atoms with E-state index in [0.717, 1.165) is 34.1 Å². The summed E-state index contributed by atoms with van der Waals surface area (Å²) >= 11 is 3.35. The molecule has 1 aromatic carbocycles. The van der Waals surface area contributed by atoms with Crippen LogP contribution in [0.25, 0.3) is 0 Å². The molecule has 164 valence electrons. The second-order valence-corrected chi connectivity index (χ2v) is 10.6. The monoisotopic (exact) mass is 443 g/mol. The summed E-state index contributed by atoms with van der Waals surface area (Å²) in [6.07, 6.45) is 1.28. The molecule has 0 saturated heterocycles. The van der Waals surface area contributed by atoms with Crippen LogP contribution in [-0.4, -0.2) is 43.8 Å². The predicted octanol–water partition coefficient (Wildman–Crippen LogP) is 5.32. The van der Waals surface area contributed by atoms with Crippen molar-refractivity contribution < 1.29 is 23.7 Å². The van der Waals surface area contributed by atoms with Crippen LogP contribution in [0.15, 0.2) is 15.9 Å². The molecule has 0 aromatic heterocycles. The number of hydrogen-bond donors (Lipinski definition) is 1. The van der Waals surface area contributed by atoms with Crippen molar-refractivity contribution in [3.8, 4) is 11.5 Å². The first kappa shape index (κ1) is 24.0. The molecule has 1 heterocycles. The van der Waals surface area contributed by atoms with Crippen LogP contribution < -0.4 is 14.8 Å². The highest BCUT2D eigenvalue weighted by atomic mass is 32.2. The fourth-order valence-corrected chi connectivity index (χ4v) is 5.53. The van der Waals surface area contributed by atoms with Crippen molar-refractivity contribution >= 4 is 29.6 Å². The zero-order valence-electron chi connectivity index (χ0n) is 18.4. The van der Waals surface area contributed by atoms with Crippen LogP contribution in [0.3, 0.4) is 0 Å². The number of hydrogen-bond acceptors (Lipinski definition) is 7. The van der Waals surface area contributed by atoms with Crippen LogP contribution >= 0.6 is 23.5 Å². The normalized spacial score (nSPS) is 15.9. The van der Waals surface area contributed by atoms with E-state index in [-0.39, 0.29) is 4.77 Å². The molecule has 0 bridgehead atoms. The number of amides is 1. The number of thioether (sulfide) groups is 2. The number of ether oxygens (including phenoxy) is 4. The Hall–Kier alpha value is -1.25. The topological polar surface area (TPSA) is 66.0 Å². The maximum Gasteiger partial charge on any atom is 0.407 e. The van der Waals surface area contributed by atoms with E-state index in [0.29, 0.717) is 24.6 Å². The van der Waals surface area contributed by atoms with Crippen molar-refractivity contribution in [1.82, 2.24) is 5.32 Å². The van der Waals surface area contributed by atoms with Crippen LogP contribution in [-0.2, 0) is 15.9 Å². The molecular weight excluding hydrogens is 410 g/mol. The lowest BCUT2D eigenvalue weighted by molar-refractivity contribution is 0.0528. The van der Waals surface area contributed by atoms with Crippen molar-refractivity contribution in [2.24, 2.45) is 5.92 Å². The number of rotatable bonds is 9.